The van der Waals surface area contributed by atoms with Gasteiger partial charge in [-0.2, -0.15) is 4.21 Å². The van der Waals surface area contributed by atoms with Gasteiger partial charge in [-0.25, -0.2) is 14.6 Å². The predicted octanol–water partition coefficient (Wildman–Crippen LogP) is 7.43. The number of rotatable bonds is 12. The molecule has 1 saturated carbocycles. The van der Waals surface area contributed by atoms with Crippen molar-refractivity contribution in [1.29, 1.82) is 0 Å². The van der Waals surface area contributed by atoms with Crippen molar-refractivity contribution in [2.75, 3.05) is 4.72 Å². The Hall–Kier alpha value is -4.83. The number of nitrogens with one attached hydrogen (secondary N) is 2. The van der Waals surface area contributed by atoms with Crippen molar-refractivity contribution in [2.45, 2.75) is 79.4 Å². The van der Waals surface area contributed by atoms with Gasteiger partial charge in [0.1, 0.15) is 11.7 Å². The highest BCUT2D eigenvalue weighted by Crippen LogP contribution is 2.37. The lowest BCUT2D eigenvalue weighted by Gasteiger charge is -2.37. The van der Waals surface area contributed by atoms with Crippen LogP contribution < -0.4 is 13.6 Å². The third-order valence-corrected chi connectivity index (χ3v) is 9.42. The molecule has 0 amide bonds. The van der Waals surface area contributed by atoms with Crippen LogP contribution in [0.4, 0.5) is 11.4 Å². The molecule has 254 valence electrons. The highest BCUT2D eigenvalue weighted by Gasteiger charge is 2.35. The van der Waals surface area contributed by atoms with Crippen molar-refractivity contribution in [3.05, 3.63) is 70.7 Å². The van der Waals surface area contributed by atoms with Crippen molar-refractivity contribution in [2.24, 2.45) is 17.8 Å². The molecule has 0 aliphatic heterocycles. The molecule has 3 N–H and O–H groups in total. The molecule has 4 atom stereocenters. The second-order valence-corrected chi connectivity index (χ2v) is 13.8. The second-order valence-electron chi connectivity index (χ2n) is 12.9. The first kappa shape index (κ1) is 34.5. The number of carbonyl (C=O) groups excluding carboxylic acids is 1. The zero-order chi connectivity index (χ0) is 34.7. The van der Waals surface area contributed by atoms with E-state index < -0.39 is 29.3 Å². The number of aryl methyl sites for hydroxylation is 2. The van der Waals surface area contributed by atoms with Crippen LogP contribution in [0.5, 0.6) is 11.5 Å². The van der Waals surface area contributed by atoms with Crippen LogP contribution in [0.25, 0.3) is 21.9 Å². The fraction of sp³-hybridized carbons (Fsp3) is 0.429. The molecule has 0 saturated heterocycles. The summed E-state index contributed by atoms with van der Waals surface area (Å²) in [7, 11) is 0. The minimum absolute atomic E-state index is 0.0393. The summed E-state index contributed by atoms with van der Waals surface area (Å²) >= 11 is -2.03. The monoisotopic (exact) mass is 675 g/mol. The van der Waals surface area contributed by atoms with Gasteiger partial charge in [0.15, 0.2) is 23.0 Å². The number of aromatic nitrogens is 3. The van der Waals surface area contributed by atoms with Gasteiger partial charge in [0.25, 0.3) is 0 Å². The van der Waals surface area contributed by atoms with E-state index in [1.807, 2.05) is 32.0 Å². The highest BCUT2D eigenvalue weighted by molar-refractivity contribution is 7.82. The van der Waals surface area contributed by atoms with E-state index in [2.05, 4.69) is 40.4 Å². The molecule has 2 heterocycles. The maximum Gasteiger partial charge on any atom is 0.331 e. The molecule has 1 aliphatic rings. The number of H-pyrrole nitrogens is 1. The lowest BCUT2D eigenvalue weighted by atomic mass is 9.75. The molecular formula is C35H41N5O7S. The summed E-state index contributed by atoms with van der Waals surface area (Å²) < 4.78 is 35.3. The number of nitrogens with zero attached hydrogens (tertiary/aromatic N) is 3. The summed E-state index contributed by atoms with van der Waals surface area (Å²) in [6, 6.07) is 10.7. The van der Waals surface area contributed by atoms with Crippen molar-refractivity contribution >= 4 is 40.2 Å². The van der Waals surface area contributed by atoms with Crippen LogP contribution in [0.15, 0.2) is 42.6 Å². The Bertz CT molecular complexity index is 1880. The summed E-state index contributed by atoms with van der Waals surface area (Å²) in [4.78, 5) is 32.7. The first-order valence-corrected chi connectivity index (χ1v) is 17.1. The van der Waals surface area contributed by atoms with Gasteiger partial charge in [-0.15, -0.1) is 0 Å². The van der Waals surface area contributed by atoms with Gasteiger partial charge in [0.05, 0.1) is 18.4 Å². The fourth-order valence-corrected chi connectivity index (χ4v) is 7.13. The van der Waals surface area contributed by atoms with Crippen molar-refractivity contribution in [3.8, 4) is 22.9 Å². The number of ether oxygens (including phenoxy) is 2. The van der Waals surface area contributed by atoms with Crippen molar-refractivity contribution in [3.63, 3.8) is 0 Å². The molecular weight excluding hydrogens is 634 g/mol. The number of benzene rings is 2. The zero-order valence-electron chi connectivity index (χ0n) is 27.9. The summed E-state index contributed by atoms with van der Waals surface area (Å²) in [5, 5.41) is 12.1. The smallest absolute Gasteiger partial charge is 0.331 e. The van der Waals surface area contributed by atoms with E-state index in [0.717, 1.165) is 24.0 Å². The minimum atomic E-state index is -2.03. The minimum Gasteiger partial charge on any atom is -0.487 e. The molecule has 0 bridgehead atoms. The Balaban J connectivity index is 1.34. The van der Waals surface area contributed by atoms with Crippen molar-refractivity contribution < 1.29 is 32.6 Å². The Kier molecular flexibility index (Phi) is 10.4. The van der Waals surface area contributed by atoms with Crippen LogP contribution >= 0.6 is 0 Å². The van der Waals surface area contributed by atoms with Crippen LogP contribution in [0.1, 0.15) is 74.9 Å². The average molecular weight is 676 g/mol. The zero-order valence-corrected chi connectivity index (χ0v) is 28.7. The first-order chi connectivity index (χ1) is 22.8. The summed E-state index contributed by atoms with van der Waals surface area (Å²) in [5.74, 6) is 0.546. The highest BCUT2D eigenvalue weighted by atomic mass is 32.2. The third-order valence-electron chi connectivity index (χ3n) is 8.70. The van der Waals surface area contributed by atoms with E-state index in [0.29, 0.717) is 35.2 Å². The molecule has 1 aliphatic carbocycles. The molecule has 1 fully saturated rings. The molecule has 2 aromatic heterocycles. The maximum absolute atomic E-state index is 13.5. The fourth-order valence-electron chi connectivity index (χ4n) is 6.39. The first-order valence-electron chi connectivity index (χ1n) is 16.0. The van der Waals surface area contributed by atoms with Gasteiger partial charge < -0.3 is 18.8 Å². The lowest BCUT2D eigenvalue weighted by Crippen LogP contribution is -2.37. The van der Waals surface area contributed by atoms with Gasteiger partial charge in [-0.3, -0.25) is 19.1 Å². The molecule has 48 heavy (non-hydrogen) atoms. The molecule has 0 radical (unpaired) electrons. The van der Waals surface area contributed by atoms with Crippen LogP contribution in [0.2, 0.25) is 0 Å². The van der Waals surface area contributed by atoms with Crippen molar-refractivity contribution in [1.82, 2.24) is 14.6 Å². The number of carbonyl (C=O) groups is 2. The quantitative estimate of drug-likeness (QED) is 0.104. The van der Waals surface area contributed by atoms with Gasteiger partial charge in [-0.1, -0.05) is 39.0 Å². The number of carboxylic acids is 1. The van der Waals surface area contributed by atoms with Gasteiger partial charge in [0, 0.05) is 18.2 Å². The van der Waals surface area contributed by atoms with Gasteiger partial charge >= 0.3 is 23.2 Å². The number of anilines is 1. The lowest BCUT2D eigenvalue weighted by molar-refractivity contribution is -0.137. The number of hydrogen-bond donors (Lipinski definition) is 3. The number of aromatic amines is 1. The second kappa shape index (κ2) is 14.5. The summed E-state index contributed by atoms with van der Waals surface area (Å²) in [6.45, 7) is 19.6. The maximum atomic E-state index is 13.5. The SMILES string of the molecule is [C-]#[N+]c1cn2[nH]c(-c3ccc(C)c(NS(=O)Oc4cc(C)ccc4OC(C)CCC(=O)O)c3)nc2c1C(=O)OC1C(C)CC(C)CC1C. The normalized spacial score (nSPS) is 20.4. The summed E-state index contributed by atoms with van der Waals surface area (Å²) in [5.41, 5.74) is 3.39. The predicted molar refractivity (Wildman–Crippen MR) is 182 cm³/mol. The summed E-state index contributed by atoms with van der Waals surface area (Å²) in [6.07, 6.45) is 3.11. The standard InChI is InChI=1S/C35H41N5O7S/c1-19-8-12-28(45-24(6)10-13-30(41)42)29(16-19)47-48(44)39-26-17-25(11-9-21(26)3)33-37-34-31(27(36-7)18-40(34)38-33)35(43)46-32-22(4)14-20(2)15-23(32)5/h8-9,11-12,16-18,20,22-24,32,39H,10,13-15H2,1-6H3,(H,37,38)(H,41,42). The van der Waals surface area contributed by atoms with Crippen LogP contribution in [0.3, 0.4) is 0 Å². The molecule has 4 unspecified atom stereocenters. The van der Waals surface area contributed by atoms with E-state index in [9.17, 15) is 13.8 Å². The number of fused-ring (bicyclic) bond motifs is 1. The Morgan fingerprint density at radius 1 is 1.15 bits per heavy atom. The number of esters is 1. The molecule has 13 heteroatoms. The number of aliphatic carboxylic acids is 1. The van der Waals surface area contributed by atoms with E-state index >= 15 is 0 Å². The topological polar surface area (TPSA) is 149 Å². The van der Waals surface area contributed by atoms with Gasteiger partial charge in [-0.05, 0) is 87.1 Å². The Labute approximate surface area is 282 Å². The molecule has 2 aromatic carbocycles. The van der Waals surface area contributed by atoms with E-state index in [1.54, 1.807) is 29.6 Å². The number of hydrogen-bond acceptors (Lipinski definition) is 7. The van der Waals surface area contributed by atoms with Gasteiger partial charge in [0.2, 0.25) is 5.69 Å². The van der Waals surface area contributed by atoms with Crippen LogP contribution in [0, 0.1) is 38.2 Å². The van der Waals surface area contributed by atoms with E-state index in [-0.39, 0.29) is 47.0 Å². The van der Waals surface area contributed by atoms with E-state index in [4.69, 9.17) is 25.3 Å². The Morgan fingerprint density at radius 3 is 2.56 bits per heavy atom. The molecule has 0 spiro atoms. The average Bonchev–Trinajstić information content (AvgIpc) is 3.58. The Morgan fingerprint density at radius 2 is 1.88 bits per heavy atom. The largest absolute Gasteiger partial charge is 0.487 e. The number of carboxylic acid groups (broad SMARTS) is 1. The molecule has 12 nitrogen and oxygen atoms in total. The van der Waals surface area contributed by atoms with E-state index in [1.165, 1.54) is 6.20 Å². The van der Waals surface area contributed by atoms with Crippen LogP contribution in [-0.2, 0) is 20.8 Å². The third kappa shape index (κ3) is 7.82. The molecule has 5 rings (SSSR count). The van der Waals surface area contributed by atoms with Crippen LogP contribution in [-0.4, -0.2) is 48.1 Å². The molecule has 4 aromatic rings.